The number of anilines is 1. The first-order valence-electron chi connectivity index (χ1n) is 7.36. The predicted octanol–water partition coefficient (Wildman–Crippen LogP) is 4.22. The zero-order chi connectivity index (χ0) is 17.8. The van der Waals surface area contributed by atoms with E-state index in [4.69, 9.17) is 9.47 Å². The van der Waals surface area contributed by atoms with E-state index in [2.05, 4.69) is 10.3 Å². The molecule has 5 nitrogen and oxygen atoms in total. The third-order valence-corrected chi connectivity index (χ3v) is 4.52. The summed E-state index contributed by atoms with van der Waals surface area (Å²) in [5.41, 5.74) is 0.932. The molecule has 0 bridgehead atoms. The van der Waals surface area contributed by atoms with Crippen LogP contribution in [0, 0.1) is 5.82 Å². The number of hydrogen-bond donors (Lipinski definition) is 1. The van der Waals surface area contributed by atoms with Crippen molar-refractivity contribution in [3.63, 3.8) is 0 Å². The lowest BCUT2D eigenvalue weighted by Crippen LogP contribution is -2.11. The van der Waals surface area contributed by atoms with Crippen LogP contribution in [0.3, 0.4) is 0 Å². The van der Waals surface area contributed by atoms with Crippen LogP contribution >= 0.6 is 11.3 Å². The molecule has 1 amide bonds. The normalized spacial score (nSPS) is 10.4. The van der Waals surface area contributed by atoms with Crippen LogP contribution < -0.4 is 14.8 Å². The van der Waals surface area contributed by atoms with Gasteiger partial charge in [0.15, 0.2) is 17.3 Å². The molecule has 0 atom stereocenters. The Balaban J connectivity index is 1.82. The van der Waals surface area contributed by atoms with Gasteiger partial charge < -0.3 is 14.8 Å². The van der Waals surface area contributed by atoms with Crippen molar-refractivity contribution in [2.75, 3.05) is 19.5 Å². The van der Waals surface area contributed by atoms with Crippen LogP contribution in [-0.4, -0.2) is 25.1 Å². The van der Waals surface area contributed by atoms with Crippen molar-refractivity contribution < 1.29 is 18.7 Å². The van der Waals surface area contributed by atoms with Crippen LogP contribution in [0.15, 0.2) is 48.7 Å². The topological polar surface area (TPSA) is 60.5 Å². The van der Waals surface area contributed by atoms with Crippen molar-refractivity contribution in [1.29, 1.82) is 0 Å². The van der Waals surface area contributed by atoms with E-state index in [0.29, 0.717) is 10.6 Å². The molecule has 1 aromatic heterocycles. The Bertz CT molecular complexity index is 897. The lowest BCUT2D eigenvalue weighted by Gasteiger charge is -2.11. The number of amides is 1. The fourth-order valence-corrected chi connectivity index (χ4v) is 3.04. The van der Waals surface area contributed by atoms with Gasteiger partial charge in [0.25, 0.3) is 5.91 Å². The second-order valence-corrected chi connectivity index (χ2v) is 6.07. The Kier molecular flexibility index (Phi) is 4.95. The van der Waals surface area contributed by atoms with E-state index in [1.54, 1.807) is 0 Å². The summed E-state index contributed by atoms with van der Waals surface area (Å²) in [7, 11) is 2.86. The fourth-order valence-electron chi connectivity index (χ4n) is 2.23. The second-order valence-electron chi connectivity index (χ2n) is 5.04. The molecule has 128 valence electrons. The predicted molar refractivity (Wildman–Crippen MR) is 95.0 cm³/mol. The van der Waals surface area contributed by atoms with Crippen molar-refractivity contribution in [3.8, 4) is 22.1 Å². The van der Waals surface area contributed by atoms with Gasteiger partial charge in [-0.1, -0.05) is 30.3 Å². The van der Waals surface area contributed by atoms with Gasteiger partial charge in [0, 0.05) is 17.7 Å². The maximum absolute atomic E-state index is 14.1. The van der Waals surface area contributed by atoms with E-state index >= 15 is 0 Å². The first kappa shape index (κ1) is 16.9. The maximum atomic E-state index is 14.1. The second kappa shape index (κ2) is 7.31. The minimum Gasteiger partial charge on any atom is -0.493 e. The van der Waals surface area contributed by atoms with E-state index in [9.17, 15) is 9.18 Å². The summed E-state index contributed by atoms with van der Waals surface area (Å²) in [6.45, 7) is 0. The van der Waals surface area contributed by atoms with Crippen LogP contribution in [0.25, 0.3) is 10.6 Å². The van der Waals surface area contributed by atoms with Crippen molar-refractivity contribution in [2.24, 2.45) is 0 Å². The maximum Gasteiger partial charge on any atom is 0.267 e. The molecular formula is C18H15FN2O3S. The van der Waals surface area contributed by atoms with Gasteiger partial charge in [-0.25, -0.2) is 9.37 Å². The summed E-state index contributed by atoms with van der Waals surface area (Å²) in [6.07, 6.45) is 1.47. The summed E-state index contributed by atoms with van der Waals surface area (Å²) in [5.74, 6) is -0.472. The van der Waals surface area contributed by atoms with E-state index in [1.807, 2.05) is 30.3 Å². The molecule has 0 aliphatic carbocycles. The number of aromatic nitrogens is 1. The van der Waals surface area contributed by atoms with Crippen molar-refractivity contribution in [3.05, 3.63) is 59.4 Å². The molecule has 3 aromatic rings. The molecule has 0 unspecified atom stereocenters. The Labute approximate surface area is 148 Å². The summed E-state index contributed by atoms with van der Waals surface area (Å²) < 4.78 is 24.3. The van der Waals surface area contributed by atoms with E-state index in [-0.39, 0.29) is 11.4 Å². The molecule has 0 saturated heterocycles. The number of carbonyl (C=O) groups is 1. The molecule has 0 aliphatic heterocycles. The molecule has 0 spiro atoms. The number of nitrogens with one attached hydrogen (secondary N) is 1. The summed E-state index contributed by atoms with van der Waals surface area (Å²) >= 11 is 1.24. The van der Waals surface area contributed by atoms with Gasteiger partial charge >= 0.3 is 0 Å². The number of ether oxygens (including phenoxy) is 2. The summed E-state index contributed by atoms with van der Waals surface area (Å²) in [5, 5.41) is 3.26. The Hall–Kier alpha value is -2.93. The van der Waals surface area contributed by atoms with Gasteiger partial charge in [-0.05, 0) is 0 Å². The molecule has 0 radical (unpaired) electrons. The van der Waals surface area contributed by atoms with Gasteiger partial charge in [-0.15, -0.1) is 11.3 Å². The quantitative estimate of drug-likeness (QED) is 0.742. The largest absolute Gasteiger partial charge is 0.493 e. The Morgan fingerprint density at radius 3 is 2.48 bits per heavy atom. The lowest BCUT2D eigenvalue weighted by atomic mass is 10.2. The third-order valence-electron chi connectivity index (χ3n) is 3.47. The molecule has 0 fully saturated rings. The highest BCUT2D eigenvalue weighted by Crippen LogP contribution is 2.33. The molecular weight excluding hydrogens is 343 g/mol. The third kappa shape index (κ3) is 3.61. The number of methoxy groups -OCH3 is 2. The zero-order valence-electron chi connectivity index (χ0n) is 13.6. The van der Waals surface area contributed by atoms with Crippen LogP contribution in [0.5, 0.6) is 11.5 Å². The monoisotopic (exact) mass is 358 g/mol. The average Bonchev–Trinajstić information content (AvgIpc) is 3.14. The minimum atomic E-state index is -0.612. The zero-order valence-corrected chi connectivity index (χ0v) is 14.4. The van der Waals surface area contributed by atoms with Crippen LogP contribution in [0.1, 0.15) is 9.67 Å². The smallest absolute Gasteiger partial charge is 0.267 e. The Morgan fingerprint density at radius 2 is 1.80 bits per heavy atom. The molecule has 0 aliphatic rings. The van der Waals surface area contributed by atoms with E-state index in [1.165, 1.54) is 37.8 Å². The molecule has 1 N–H and O–H groups in total. The van der Waals surface area contributed by atoms with Crippen molar-refractivity contribution in [2.45, 2.75) is 0 Å². The van der Waals surface area contributed by atoms with Gasteiger partial charge in [-0.3, -0.25) is 4.79 Å². The van der Waals surface area contributed by atoms with Crippen molar-refractivity contribution >= 4 is 22.9 Å². The highest BCUT2D eigenvalue weighted by molar-refractivity contribution is 7.17. The number of thiazole rings is 1. The van der Waals surface area contributed by atoms with Crippen LogP contribution in [-0.2, 0) is 0 Å². The molecule has 3 rings (SSSR count). The number of benzene rings is 2. The van der Waals surface area contributed by atoms with E-state index in [0.717, 1.165) is 16.6 Å². The molecule has 0 saturated carbocycles. The first-order chi connectivity index (χ1) is 12.1. The van der Waals surface area contributed by atoms with E-state index < -0.39 is 11.7 Å². The fraction of sp³-hybridized carbons (Fsp3) is 0.111. The van der Waals surface area contributed by atoms with Crippen molar-refractivity contribution in [1.82, 2.24) is 4.98 Å². The standard InChI is InChI=1S/C18H15FN2O3S/c1-23-14-8-12(19)13(9-15(14)24-2)21-17(22)16-10-20-18(25-16)11-6-4-3-5-7-11/h3-10H,1-2H3,(H,21,22). The molecule has 7 heteroatoms. The number of hydrogen-bond acceptors (Lipinski definition) is 5. The lowest BCUT2D eigenvalue weighted by molar-refractivity contribution is 0.103. The highest BCUT2D eigenvalue weighted by Gasteiger charge is 2.16. The number of carbonyl (C=O) groups excluding carboxylic acids is 1. The minimum absolute atomic E-state index is 0.0114. The molecule has 25 heavy (non-hydrogen) atoms. The number of nitrogens with zero attached hydrogens (tertiary/aromatic N) is 1. The molecule has 1 heterocycles. The number of rotatable bonds is 5. The van der Waals surface area contributed by atoms with Crippen LogP contribution in [0.4, 0.5) is 10.1 Å². The molecule has 2 aromatic carbocycles. The highest BCUT2D eigenvalue weighted by atomic mass is 32.1. The summed E-state index contributed by atoms with van der Waals surface area (Å²) in [4.78, 5) is 17.0. The van der Waals surface area contributed by atoms with Gasteiger partial charge in [0.1, 0.15) is 9.88 Å². The number of halogens is 1. The Morgan fingerprint density at radius 1 is 1.12 bits per heavy atom. The SMILES string of the molecule is COc1cc(F)c(NC(=O)c2cnc(-c3ccccc3)s2)cc1OC. The van der Waals surface area contributed by atoms with Crippen LogP contribution in [0.2, 0.25) is 0 Å². The summed E-state index contributed by atoms with van der Waals surface area (Å²) in [6, 6.07) is 12.1. The first-order valence-corrected chi connectivity index (χ1v) is 8.18. The van der Waals surface area contributed by atoms with Gasteiger partial charge in [0.2, 0.25) is 0 Å². The van der Waals surface area contributed by atoms with Gasteiger partial charge in [-0.2, -0.15) is 0 Å². The average molecular weight is 358 g/mol. The van der Waals surface area contributed by atoms with Gasteiger partial charge in [0.05, 0.1) is 26.1 Å².